The highest BCUT2D eigenvalue weighted by molar-refractivity contribution is 7.23. The lowest BCUT2D eigenvalue weighted by atomic mass is 9.87. The van der Waals surface area contributed by atoms with Gasteiger partial charge in [-0.3, -0.25) is 5.32 Å². The minimum Gasteiger partial charge on any atom is -0.494 e. The average Bonchev–Trinajstić information content (AvgIpc) is 3.17. The van der Waals surface area contributed by atoms with E-state index in [2.05, 4.69) is 23.2 Å². The van der Waals surface area contributed by atoms with Crippen LogP contribution in [-0.4, -0.2) is 62.4 Å². The summed E-state index contributed by atoms with van der Waals surface area (Å²) in [5.74, 6) is 1.49. The second kappa shape index (κ2) is 8.75. The maximum Gasteiger partial charge on any atom is 0.323 e. The van der Waals surface area contributed by atoms with Crippen LogP contribution in [0.15, 0.2) is 12.1 Å². The van der Waals surface area contributed by atoms with Gasteiger partial charge in [0, 0.05) is 26.2 Å². The third-order valence-corrected chi connectivity index (χ3v) is 7.12. The Hall–Kier alpha value is -2.06. The molecule has 2 aliphatic rings. The number of ether oxygens (including phenoxy) is 2. The molecule has 1 saturated carbocycles. The van der Waals surface area contributed by atoms with E-state index in [0.717, 1.165) is 66.7 Å². The molecule has 29 heavy (non-hydrogen) atoms. The number of hydrogen-bond donors (Lipinski definition) is 1. The van der Waals surface area contributed by atoms with E-state index >= 15 is 0 Å². The molecule has 1 aliphatic carbocycles. The highest BCUT2D eigenvalue weighted by Gasteiger charge is 2.26. The molecule has 2 amide bonds. The van der Waals surface area contributed by atoms with Gasteiger partial charge in [-0.2, -0.15) is 0 Å². The molecule has 7 nitrogen and oxygen atoms in total. The Morgan fingerprint density at radius 3 is 2.69 bits per heavy atom. The Kier molecular flexibility index (Phi) is 6.10. The van der Waals surface area contributed by atoms with Crippen molar-refractivity contribution in [1.82, 2.24) is 9.88 Å². The van der Waals surface area contributed by atoms with Crippen LogP contribution in [0, 0.1) is 5.92 Å². The van der Waals surface area contributed by atoms with Crippen molar-refractivity contribution in [2.24, 2.45) is 5.92 Å². The van der Waals surface area contributed by atoms with Crippen LogP contribution < -0.4 is 15.0 Å². The Morgan fingerprint density at radius 1 is 1.28 bits per heavy atom. The number of fused-ring (bicyclic) bond motifs is 1. The SMILES string of the molecule is COc1ccc(N2CCOCC2)c2sc(NC(=O)N(C)[C@H]3CC[C@H](C)CC3)nc12. The highest BCUT2D eigenvalue weighted by Crippen LogP contribution is 2.39. The third-order valence-electron chi connectivity index (χ3n) is 6.12. The van der Waals surface area contributed by atoms with E-state index in [-0.39, 0.29) is 6.03 Å². The summed E-state index contributed by atoms with van der Waals surface area (Å²) >= 11 is 1.51. The number of carbonyl (C=O) groups is 1. The van der Waals surface area contributed by atoms with Crippen molar-refractivity contribution in [3.63, 3.8) is 0 Å². The molecule has 0 spiro atoms. The van der Waals surface area contributed by atoms with E-state index in [1.807, 2.05) is 18.0 Å². The van der Waals surface area contributed by atoms with Crippen molar-refractivity contribution in [2.75, 3.05) is 50.7 Å². The summed E-state index contributed by atoms with van der Waals surface area (Å²) in [5, 5.41) is 3.63. The van der Waals surface area contributed by atoms with Crippen LogP contribution in [0.25, 0.3) is 10.2 Å². The Bertz CT molecular complexity index is 857. The molecular weight excluding hydrogens is 388 g/mol. The predicted octanol–water partition coefficient (Wildman–Crippen LogP) is 4.18. The third kappa shape index (κ3) is 4.28. The lowest BCUT2D eigenvalue weighted by molar-refractivity contribution is 0.123. The monoisotopic (exact) mass is 418 g/mol. The van der Waals surface area contributed by atoms with Crippen molar-refractivity contribution in [2.45, 2.75) is 38.6 Å². The summed E-state index contributed by atoms with van der Waals surface area (Å²) in [6, 6.07) is 4.24. The summed E-state index contributed by atoms with van der Waals surface area (Å²) in [6.07, 6.45) is 4.51. The van der Waals surface area contributed by atoms with E-state index in [1.165, 1.54) is 24.2 Å². The largest absolute Gasteiger partial charge is 0.494 e. The number of carbonyl (C=O) groups excluding carboxylic acids is 1. The van der Waals surface area contributed by atoms with Crippen LogP contribution in [0.2, 0.25) is 0 Å². The van der Waals surface area contributed by atoms with Crippen LogP contribution in [-0.2, 0) is 4.74 Å². The van der Waals surface area contributed by atoms with Gasteiger partial charge in [0.05, 0.1) is 30.7 Å². The van der Waals surface area contributed by atoms with Gasteiger partial charge in [0.15, 0.2) is 5.13 Å². The molecule has 0 atom stereocenters. The quantitative estimate of drug-likeness (QED) is 0.807. The van der Waals surface area contributed by atoms with E-state index in [9.17, 15) is 4.79 Å². The standard InChI is InChI=1S/C21H30N4O3S/c1-14-4-6-15(7-5-14)24(2)21(26)23-20-22-18-17(27-3)9-8-16(19(18)29-20)25-10-12-28-13-11-25/h8-9,14-15H,4-7,10-13H2,1-3H3,(H,22,23,26)/t14-,15-. The first kappa shape index (κ1) is 20.2. The molecule has 2 fully saturated rings. The zero-order valence-electron chi connectivity index (χ0n) is 17.4. The van der Waals surface area contributed by atoms with Gasteiger partial charge in [-0.1, -0.05) is 18.3 Å². The molecule has 4 rings (SSSR count). The fourth-order valence-electron chi connectivity index (χ4n) is 4.22. The van der Waals surface area contributed by atoms with Gasteiger partial charge in [0.1, 0.15) is 11.3 Å². The molecule has 2 aromatic rings. The summed E-state index contributed by atoms with van der Waals surface area (Å²) in [7, 11) is 3.54. The molecule has 158 valence electrons. The second-order valence-corrected chi connectivity index (χ2v) is 9.04. The maximum absolute atomic E-state index is 12.8. The highest BCUT2D eigenvalue weighted by atomic mass is 32.1. The molecule has 1 aromatic heterocycles. The van der Waals surface area contributed by atoms with Crippen LogP contribution in [0.3, 0.4) is 0 Å². The minimum atomic E-state index is -0.0875. The van der Waals surface area contributed by atoms with Crippen molar-refractivity contribution in [3.05, 3.63) is 12.1 Å². The number of nitrogens with one attached hydrogen (secondary N) is 1. The number of rotatable bonds is 4. The molecule has 2 heterocycles. The number of aromatic nitrogens is 1. The van der Waals surface area contributed by atoms with Gasteiger partial charge >= 0.3 is 6.03 Å². The molecular formula is C21H30N4O3S. The van der Waals surface area contributed by atoms with E-state index in [4.69, 9.17) is 14.5 Å². The lowest BCUT2D eigenvalue weighted by Gasteiger charge is -2.33. The fraction of sp³-hybridized carbons (Fsp3) is 0.619. The van der Waals surface area contributed by atoms with E-state index < -0.39 is 0 Å². The Labute approximate surface area is 176 Å². The molecule has 1 aliphatic heterocycles. The number of benzene rings is 1. The van der Waals surface area contributed by atoms with Crippen LogP contribution in [0.4, 0.5) is 15.6 Å². The minimum absolute atomic E-state index is 0.0875. The van der Waals surface area contributed by atoms with Crippen molar-refractivity contribution in [1.29, 1.82) is 0 Å². The molecule has 8 heteroatoms. The molecule has 1 N–H and O–H groups in total. The van der Waals surface area contributed by atoms with Gasteiger partial charge in [-0.15, -0.1) is 0 Å². The molecule has 0 bridgehead atoms. The first-order chi connectivity index (χ1) is 14.1. The predicted molar refractivity (Wildman–Crippen MR) is 117 cm³/mol. The topological polar surface area (TPSA) is 66.9 Å². The molecule has 0 unspecified atom stereocenters. The number of morpholine rings is 1. The Morgan fingerprint density at radius 2 is 2.00 bits per heavy atom. The van der Waals surface area contributed by atoms with Crippen molar-refractivity contribution < 1.29 is 14.3 Å². The van der Waals surface area contributed by atoms with Crippen molar-refractivity contribution in [3.8, 4) is 5.75 Å². The maximum atomic E-state index is 12.8. The summed E-state index contributed by atoms with van der Waals surface area (Å²) in [5.41, 5.74) is 1.92. The number of thiazole rings is 1. The van der Waals surface area contributed by atoms with Crippen molar-refractivity contribution >= 4 is 38.4 Å². The summed E-state index contributed by atoms with van der Waals surface area (Å²) in [6.45, 7) is 5.44. The van der Waals surface area contributed by atoms with Crippen LogP contribution in [0.5, 0.6) is 5.75 Å². The van der Waals surface area contributed by atoms with Crippen LogP contribution >= 0.6 is 11.3 Å². The normalized spacial score (nSPS) is 22.5. The van der Waals surface area contributed by atoms with E-state index in [0.29, 0.717) is 11.2 Å². The molecule has 1 aromatic carbocycles. The first-order valence-electron chi connectivity index (χ1n) is 10.4. The fourth-order valence-corrected chi connectivity index (χ4v) is 5.23. The number of amides is 2. The summed E-state index contributed by atoms with van der Waals surface area (Å²) < 4.78 is 12.0. The number of methoxy groups -OCH3 is 1. The van der Waals surface area contributed by atoms with Gasteiger partial charge in [0.2, 0.25) is 0 Å². The molecule has 0 radical (unpaired) electrons. The zero-order chi connectivity index (χ0) is 20.4. The Balaban J connectivity index is 1.55. The molecule has 1 saturated heterocycles. The van der Waals surface area contributed by atoms with Gasteiger partial charge < -0.3 is 19.3 Å². The van der Waals surface area contributed by atoms with Gasteiger partial charge in [-0.25, -0.2) is 9.78 Å². The first-order valence-corrected chi connectivity index (χ1v) is 11.2. The average molecular weight is 419 g/mol. The van der Waals surface area contributed by atoms with Gasteiger partial charge in [0.25, 0.3) is 0 Å². The van der Waals surface area contributed by atoms with E-state index in [1.54, 1.807) is 7.11 Å². The van der Waals surface area contributed by atoms with Gasteiger partial charge in [-0.05, 0) is 43.7 Å². The second-order valence-electron chi connectivity index (χ2n) is 8.04. The number of urea groups is 1. The number of nitrogens with zero attached hydrogens (tertiary/aromatic N) is 3. The summed E-state index contributed by atoms with van der Waals surface area (Å²) in [4.78, 5) is 21.7. The lowest BCUT2D eigenvalue weighted by Crippen LogP contribution is -2.41. The smallest absolute Gasteiger partial charge is 0.323 e. The number of hydrogen-bond acceptors (Lipinski definition) is 6. The number of anilines is 2. The van der Waals surface area contributed by atoms with Crippen LogP contribution in [0.1, 0.15) is 32.6 Å². The zero-order valence-corrected chi connectivity index (χ0v) is 18.3.